The molecule has 5 rings (SSSR count). The van der Waals surface area contributed by atoms with Crippen LogP contribution in [0.4, 0.5) is 4.39 Å². The summed E-state index contributed by atoms with van der Waals surface area (Å²) in [5.74, 6) is 0.328. The monoisotopic (exact) mass is 440 g/mol. The second-order valence-corrected chi connectivity index (χ2v) is 8.00. The highest BCUT2D eigenvalue weighted by Crippen LogP contribution is 2.53. The number of nitrogens with zero attached hydrogens (tertiary/aromatic N) is 4. The van der Waals surface area contributed by atoms with Crippen LogP contribution < -0.4 is 0 Å². The average Bonchev–Trinajstić information content (AvgIpc) is 3.45. The molecule has 2 saturated carbocycles. The minimum atomic E-state index is -0.466. The van der Waals surface area contributed by atoms with Crippen molar-refractivity contribution in [2.45, 2.75) is 59.5 Å². The molecule has 3 fully saturated rings. The fraction of sp³-hybridized carbons (Fsp3) is 0.520. The number of rotatable bonds is 4. The summed E-state index contributed by atoms with van der Waals surface area (Å²) in [6.45, 7) is 9.32. The van der Waals surface area contributed by atoms with Crippen molar-refractivity contribution in [3.63, 3.8) is 0 Å². The molecule has 0 radical (unpaired) electrons. The molecule has 2 aromatic rings. The maximum absolute atomic E-state index is 13.9. The molecule has 0 spiro atoms. The Balaban J connectivity index is 0.000000686. The summed E-state index contributed by atoms with van der Waals surface area (Å²) in [4.78, 5) is 28.4. The van der Waals surface area contributed by atoms with Gasteiger partial charge in [0.05, 0.1) is 17.9 Å². The van der Waals surface area contributed by atoms with Crippen molar-refractivity contribution in [2.24, 2.45) is 11.8 Å². The molecule has 2 atom stereocenters. The molecule has 0 bridgehead atoms. The Morgan fingerprint density at radius 3 is 2.19 bits per heavy atom. The van der Waals surface area contributed by atoms with Gasteiger partial charge in [0.15, 0.2) is 0 Å². The summed E-state index contributed by atoms with van der Waals surface area (Å²) in [7, 11) is 0. The molecule has 3 aliphatic rings. The first-order valence-corrected chi connectivity index (χ1v) is 11.8. The lowest BCUT2D eigenvalue weighted by molar-refractivity contribution is -0.158. The molecule has 2 amide bonds. The van der Waals surface area contributed by atoms with Gasteiger partial charge < -0.3 is 9.80 Å². The number of halogens is 1. The van der Waals surface area contributed by atoms with Crippen LogP contribution in [0, 0.1) is 17.7 Å². The number of hydrogen-bond acceptors (Lipinski definition) is 4. The topological polar surface area (TPSA) is 66.4 Å². The van der Waals surface area contributed by atoms with Crippen molar-refractivity contribution in [1.29, 1.82) is 0 Å². The van der Waals surface area contributed by atoms with E-state index in [-0.39, 0.29) is 18.4 Å². The molecule has 32 heavy (non-hydrogen) atoms. The van der Waals surface area contributed by atoms with Gasteiger partial charge in [0.2, 0.25) is 0 Å². The van der Waals surface area contributed by atoms with Gasteiger partial charge in [0.25, 0.3) is 0 Å². The first-order chi connectivity index (χ1) is 15.6. The Morgan fingerprint density at radius 2 is 1.56 bits per heavy atom. The summed E-state index contributed by atoms with van der Waals surface area (Å²) < 4.78 is 13.9. The molecule has 1 aromatic carbocycles. The van der Waals surface area contributed by atoms with Gasteiger partial charge in [-0.25, -0.2) is 4.39 Å². The molecular formula is C25H33FN4O2. The molecule has 6 nitrogen and oxygen atoms in total. The number of hydrogen-bond donors (Lipinski definition) is 0. The van der Waals surface area contributed by atoms with E-state index in [1.807, 2.05) is 27.7 Å². The van der Waals surface area contributed by atoms with Crippen LogP contribution in [0.15, 0.2) is 36.4 Å². The zero-order valence-electron chi connectivity index (χ0n) is 19.4. The molecule has 2 heterocycles. The van der Waals surface area contributed by atoms with Crippen LogP contribution in [0.1, 0.15) is 52.7 Å². The third-order valence-electron chi connectivity index (χ3n) is 6.22. The number of carbonyl (C=O) groups is 2. The van der Waals surface area contributed by atoms with Gasteiger partial charge in [-0.2, -0.15) is 10.2 Å². The summed E-state index contributed by atoms with van der Waals surface area (Å²) in [5, 5.41) is 8.21. The average molecular weight is 441 g/mol. The van der Waals surface area contributed by atoms with Gasteiger partial charge >= 0.3 is 11.8 Å². The lowest BCUT2D eigenvalue weighted by atomic mass is 10.1. The molecule has 7 heteroatoms. The standard InChI is InChI=1S/C21H21FN4O2.2C2H6/c22-18-4-2-1-3-17(18)19-6-5-15(23-24-19)12-25-7-8-26(21(28)20(25)27)16-10-13-9-14(13)11-16;2*1-2/h1-6,13-14,16H,7-12H2;2*1-2H3. The van der Waals surface area contributed by atoms with Crippen molar-refractivity contribution in [3.8, 4) is 11.3 Å². The van der Waals surface area contributed by atoms with E-state index in [2.05, 4.69) is 10.2 Å². The molecule has 1 aromatic heterocycles. The lowest BCUT2D eigenvalue weighted by Gasteiger charge is -2.37. The number of fused-ring (bicyclic) bond motifs is 1. The van der Waals surface area contributed by atoms with Gasteiger partial charge in [0.1, 0.15) is 5.82 Å². The number of amides is 2. The number of piperazine rings is 1. The van der Waals surface area contributed by atoms with Crippen molar-refractivity contribution in [1.82, 2.24) is 20.0 Å². The molecule has 1 saturated heterocycles. The second kappa shape index (κ2) is 10.7. The van der Waals surface area contributed by atoms with Crippen molar-refractivity contribution < 1.29 is 14.0 Å². The van der Waals surface area contributed by atoms with Crippen LogP contribution in [0.3, 0.4) is 0 Å². The van der Waals surface area contributed by atoms with E-state index in [9.17, 15) is 14.0 Å². The van der Waals surface area contributed by atoms with Crippen LogP contribution in [0.25, 0.3) is 11.3 Å². The smallest absolute Gasteiger partial charge is 0.312 e. The predicted molar refractivity (Wildman–Crippen MR) is 122 cm³/mol. The summed E-state index contributed by atoms with van der Waals surface area (Å²) in [6.07, 6.45) is 3.39. The zero-order valence-corrected chi connectivity index (χ0v) is 19.4. The van der Waals surface area contributed by atoms with Crippen molar-refractivity contribution in [2.75, 3.05) is 13.1 Å². The minimum absolute atomic E-state index is 0.235. The van der Waals surface area contributed by atoms with Crippen LogP contribution in [0.5, 0.6) is 0 Å². The fourth-order valence-electron chi connectivity index (χ4n) is 4.58. The number of benzene rings is 1. The number of carbonyl (C=O) groups excluding carboxylic acids is 2. The van der Waals surface area contributed by atoms with Crippen LogP contribution in [0.2, 0.25) is 0 Å². The Bertz CT molecular complexity index is 924. The van der Waals surface area contributed by atoms with E-state index in [0.717, 1.165) is 24.7 Å². The van der Waals surface area contributed by atoms with Gasteiger partial charge in [0, 0.05) is 24.7 Å². The predicted octanol–water partition coefficient (Wildman–Crippen LogP) is 4.30. The normalized spacial score (nSPS) is 23.6. The van der Waals surface area contributed by atoms with Crippen LogP contribution in [-0.2, 0) is 16.1 Å². The molecule has 2 aliphatic carbocycles. The van der Waals surface area contributed by atoms with E-state index >= 15 is 0 Å². The lowest BCUT2D eigenvalue weighted by Crippen LogP contribution is -2.56. The first-order valence-electron chi connectivity index (χ1n) is 11.8. The van der Waals surface area contributed by atoms with Crippen molar-refractivity contribution >= 4 is 11.8 Å². The Kier molecular flexibility index (Phi) is 7.94. The highest BCUT2D eigenvalue weighted by Gasteiger charge is 2.50. The third-order valence-corrected chi connectivity index (χ3v) is 6.22. The van der Waals surface area contributed by atoms with Gasteiger partial charge in [-0.05, 0) is 55.4 Å². The Hall–Kier alpha value is -2.83. The molecule has 2 unspecified atom stereocenters. The van der Waals surface area contributed by atoms with Crippen LogP contribution in [-0.4, -0.2) is 50.9 Å². The SMILES string of the molecule is CC.CC.O=C1C(=O)N(C2CC3CC3C2)CCN1Cc1ccc(-c2ccccc2F)nn1. The summed E-state index contributed by atoms with van der Waals surface area (Å²) in [6, 6.07) is 10.0. The van der Waals surface area contributed by atoms with E-state index in [4.69, 9.17) is 0 Å². The molecule has 172 valence electrons. The second-order valence-electron chi connectivity index (χ2n) is 8.00. The van der Waals surface area contributed by atoms with Gasteiger partial charge in [-0.15, -0.1) is 0 Å². The first kappa shape index (κ1) is 23.8. The van der Waals surface area contributed by atoms with E-state index in [0.29, 0.717) is 30.0 Å². The van der Waals surface area contributed by atoms with E-state index < -0.39 is 11.8 Å². The zero-order chi connectivity index (χ0) is 23.3. The van der Waals surface area contributed by atoms with Crippen molar-refractivity contribution in [3.05, 3.63) is 47.9 Å². The molecule has 1 aliphatic heterocycles. The minimum Gasteiger partial charge on any atom is -0.330 e. The highest BCUT2D eigenvalue weighted by atomic mass is 19.1. The summed E-state index contributed by atoms with van der Waals surface area (Å²) in [5.41, 5.74) is 1.40. The van der Waals surface area contributed by atoms with E-state index in [1.165, 1.54) is 17.4 Å². The Morgan fingerprint density at radius 1 is 0.875 bits per heavy atom. The van der Waals surface area contributed by atoms with E-state index in [1.54, 1.807) is 35.2 Å². The van der Waals surface area contributed by atoms with Gasteiger partial charge in [-0.1, -0.05) is 39.8 Å². The Labute approximate surface area is 189 Å². The maximum Gasteiger partial charge on any atom is 0.312 e. The summed E-state index contributed by atoms with van der Waals surface area (Å²) >= 11 is 0. The fourth-order valence-corrected chi connectivity index (χ4v) is 4.58. The molecular weight excluding hydrogens is 407 g/mol. The third kappa shape index (κ3) is 4.97. The molecule has 0 N–H and O–H groups in total. The largest absolute Gasteiger partial charge is 0.330 e. The maximum atomic E-state index is 13.9. The highest BCUT2D eigenvalue weighted by molar-refractivity contribution is 6.35. The quantitative estimate of drug-likeness (QED) is 0.665. The van der Waals surface area contributed by atoms with Crippen LogP contribution >= 0.6 is 0 Å². The van der Waals surface area contributed by atoms with Gasteiger partial charge in [-0.3, -0.25) is 9.59 Å². The number of aromatic nitrogens is 2.